The van der Waals surface area contributed by atoms with Crippen molar-refractivity contribution in [2.75, 3.05) is 0 Å². The van der Waals surface area contributed by atoms with Crippen molar-refractivity contribution in [3.63, 3.8) is 0 Å². The van der Waals surface area contributed by atoms with Crippen molar-refractivity contribution >= 4 is 40.0 Å². The van der Waals surface area contributed by atoms with Gasteiger partial charge >= 0.3 is 5.97 Å². The number of pyridine rings is 1. The summed E-state index contributed by atoms with van der Waals surface area (Å²) >= 11 is 0. The zero-order chi connectivity index (χ0) is 22.9. The summed E-state index contributed by atoms with van der Waals surface area (Å²) in [7, 11) is 0. The minimum atomic E-state index is -1.38. The van der Waals surface area contributed by atoms with Gasteiger partial charge in [0.25, 0.3) is 0 Å². The van der Waals surface area contributed by atoms with Gasteiger partial charge in [-0.2, -0.15) is 0 Å². The van der Waals surface area contributed by atoms with Gasteiger partial charge in [-0.1, -0.05) is 48.5 Å². The first-order valence-electron chi connectivity index (χ1n) is 10.1. The highest BCUT2D eigenvalue weighted by Crippen LogP contribution is 2.26. The van der Waals surface area contributed by atoms with Crippen molar-refractivity contribution < 1.29 is 18.7 Å². The van der Waals surface area contributed by atoms with Crippen LogP contribution in [0, 0.1) is 5.82 Å². The van der Waals surface area contributed by atoms with E-state index in [9.17, 15) is 19.1 Å². The van der Waals surface area contributed by atoms with E-state index in [1.165, 1.54) is 6.07 Å². The summed E-state index contributed by atoms with van der Waals surface area (Å²) in [5, 5.41) is 10.3. The normalized spacial score (nSPS) is 11.4. The Morgan fingerprint density at radius 2 is 1.79 bits per heavy atom. The quantitative estimate of drug-likeness (QED) is 0.372. The second-order valence-electron chi connectivity index (χ2n) is 7.50. The van der Waals surface area contributed by atoms with Gasteiger partial charge in [-0.3, -0.25) is 4.79 Å². The summed E-state index contributed by atoms with van der Waals surface area (Å²) in [4.78, 5) is 28.7. The predicted molar refractivity (Wildman–Crippen MR) is 126 cm³/mol. The molecule has 5 nitrogen and oxygen atoms in total. The number of aromatic nitrogens is 1. The van der Waals surface area contributed by atoms with E-state index in [1.54, 1.807) is 12.1 Å². The zero-order valence-electron chi connectivity index (χ0n) is 17.2. The fourth-order valence-corrected chi connectivity index (χ4v) is 3.68. The maximum atomic E-state index is 13.8. The fourth-order valence-electron chi connectivity index (χ4n) is 3.68. The minimum Gasteiger partial charge on any atom is -0.478 e. The first kappa shape index (κ1) is 20.3. The number of carboxylic acid groups (broad SMARTS) is 1. The molecule has 0 amide bonds. The van der Waals surface area contributed by atoms with Gasteiger partial charge in [0.1, 0.15) is 17.1 Å². The molecule has 0 saturated heterocycles. The zero-order valence-corrected chi connectivity index (χ0v) is 17.2. The molecular formula is C27H16FNO4. The van der Waals surface area contributed by atoms with Crippen LogP contribution in [0.4, 0.5) is 4.39 Å². The molecule has 5 rings (SSSR count). The van der Waals surface area contributed by atoms with Gasteiger partial charge in [0.15, 0.2) is 11.0 Å². The molecular weight excluding hydrogens is 421 g/mol. The second kappa shape index (κ2) is 8.16. The van der Waals surface area contributed by atoms with Crippen LogP contribution in [-0.4, -0.2) is 16.1 Å². The van der Waals surface area contributed by atoms with Gasteiger partial charge in [0.2, 0.25) is 0 Å². The Labute approximate surface area is 187 Å². The van der Waals surface area contributed by atoms with Crippen LogP contribution < -0.4 is 5.43 Å². The van der Waals surface area contributed by atoms with Crippen molar-refractivity contribution in [1.29, 1.82) is 0 Å². The first-order valence-corrected chi connectivity index (χ1v) is 10.1. The number of fused-ring (bicyclic) bond motifs is 2. The van der Waals surface area contributed by atoms with E-state index in [1.807, 2.05) is 60.7 Å². The van der Waals surface area contributed by atoms with E-state index < -0.39 is 22.8 Å². The minimum absolute atomic E-state index is 0.116. The Morgan fingerprint density at radius 1 is 0.939 bits per heavy atom. The summed E-state index contributed by atoms with van der Waals surface area (Å²) in [6.45, 7) is 0. The molecule has 0 bridgehead atoms. The van der Waals surface area contributed by atoms with Crippen molar-refractivity contribution in [2.45, 2.75) is 0 Å². The van der Waals surface area contributed by atoms with Crippen LogP contribution in [0.15, 0.2) is 88.1 Å². The Kier molecular flexibility index (Phi) is 5.03. The molecule has 0 saturated carbocycles. The predicted octanol–water partition coefficient (Wildman–Crippen LogP) is 6.02. The Balaban J connectivity index is 1.54. The first-order chi connectivity index (χ1) is 16.0. The van der Waals surface area contributed by atoms with Crippen LogP contribution in [0.1, 0.15) is 21.6 Å². The highest BCUT2D eigenvalue weighted by Gasteiger charge is 2.17. The molecule has 0 aliphatic carbocycles. The van der Waals surface area contributed by atoms with Gasteiger partial charge < -0.3 is 9.52 Å². The number of hydrogen-bond donors (Lipinski definition) is 1. The molecule has 33 heavy (non-hydrogen) atoms. The summed E-state index contributed by atoms with van der Waals surface area (Å²) < 4.78 is 19.5. The van der Waals surface area contributed by atoms with Crippen LogP contribution in [0.2, 0.25) is 0 Å². The fraction of sp³-hybridized carbons (Fsp3) is 0. The number of aromatic carboxylic acids is 1. The molecule has 160 valence electrons. The van der Waals surface area contributed by atoms with E-state index in [-0.39, 0.29) is 16.7 Å². The number of hydrogen-bond acceptors (Lipinski definition) is 4. The average molecular weight is 437 g/mol. The number of benzene rings is 3. The number of para-hydroxylation sites is 1. The van der Waals surface area contributed by atoms with Crippen molar-refractivity contribution in [3.05, 3.63) is 112 Å². The average Bonchev–Trinajstić information content (AvgIpc) is 2.82. The van der Waals surface area contributed by atoms with Gasteiger partial charge in [-0.05, 0) is 42.0 Å². The number of carbonyl (C=O) groups is 1. The topological polar surface area (TPSA) is 80.4 Å². The van der Waals surface area contributed by atoms with Gasteiger partial charge in [0, 0.05) is 17.0 Å². The third kappa shape index (κ3) is 4.02. The summed E-state index contributed by atoms with van der Waals surface area (Å²) in [5.41, 5.74) is 2.04. The lowest BCUT2D eigenvalue weighted by Crippen LogP contribution is -2.06. The summed E-state index contributed by atoms with van der Waals surface area (Å²) in [6, 6.07) is 22.1. The lowest BCUT2D eigenvalue weighted by molar-refractivity contribution is 0.0697. The number of halogens is 1. The van der Waals surface area contributed by atoms with E-state index >= 15 is 0 Å². The SMILES string of the molecule is O=C(O)c1cc(F)cc2c(=O)cc(-c3cccc(/C=C/c4ccc5ccccc5n4)c3)oc12. The standard InChI is InChI=1S/C27H16FNO4/c28-19-13-21-24(30)15-25(33-26(21)22(14-19)27(31)32)18-6-3-4-16(12-18)8-10-20-11-9-17-5-1-2-7-23(17)29-20/h1-15H,(H,31,32)/b10-8+. The molecule has 0 aliphatic heterocycles. The smallest absolute Gasteiger partial charge is 0.339 e. The monoisotopic (exact) mass is 437 g/mol. The van der Waals surface area contributed by atoms with Crippen LogP contribution in [0.5, 0.6) is 0 Å². The van der Waals surface area contributed by atoms with Crippen LogP contribution in [0.25, 0.3) is 45.3 Å². The summed E-state index contributed by atoms with van der Waals surface area (Å²) in [6.07, 6.45) is 3.77. The van der Waals surface area contributed by atoms with E-state index in [2.05, 4.69) is 4.98 Å². The molecule has 0 fully saturated rings. The molecule has 0 spiro atoms. The Hall–Kier alpha value is -4.58. The van der Waals surface area contributed by atoms with Crippen molar-refractivity contribution in [3.8, 4) is 11.3 Å². The molecule has 2 heterocycles. The molecule has 0 atom stereocenters. The molecule has 2 aromatic heterocycles. The highest BCUT2D eigenvalue weighted by molar-refractivity contribution is 6.01. The van der Waals surface area contributed by atoms with Gasteiger partial charge in [-0.15, -0.1) is 0 Å². The molecule has 1 N–H and O–H groups in total. The van der Waals surface area contributed by atoms with E-state index in [0.29, 0.717) is 5.56 Å². The number of nitrogens with zero attached hydrogens (tertiary/aromatic N) is 1. The maximum Gasteiger partial charge on any atom is 0.339 e. The largest absolute Gasteiger partial charge is 0.478 e. The van der Waals surface area contributed by atoms with Gasteiger partial charge in [-0.25, -0.2) is 14.2 Å². The van der Waals surface area contributed by atoms with E-state index in [0.717, 1.165) is 34.3 Å². The van der Waals surface area contributed by atoms with E-state index in [4.69, 9.17) is 4.42 Å². The Morgan fingerprint density at radius 3 is 2.64 bits per heavy atom. The maximum absolute atomic E-state index is 13.8. The molecule has 0 radical (unpaired) electrons. The Bertz CT molecular complexity index is 1640. The van der Waals surface area contributed by atoms with Gasteiger partial charge in [0.05, 0.1) is 16.6 Å². The number of carboxylic acids is 1. The van der Waals surface area contributed by atoms with Crippen LogP contribution in [0.3, 0.4) is 0 Å². The molecule has 3 aromatic carbocycles. The second-order valence-corrected chi connectivity index (χ2v) is 7.50. The molecule has 0 unspecified atom stereocenters. The molecule has 5 aromatic rings. The lowest BCUT2D eigenvalue weighted by atomic mass is 10.1. The van der Waals surface area contributed by atoms with Crippen LogP contribution in [-0.2, 0) is 0 Å². The van der Waals surface area contributed by atoms with Crippen molar-refractivity contribution in [2.24, 2.45) is 0 Å². The lowest BCUT2D eigenvalue weighted by Gasteiger charge is -2.07. The third-order valence-corrected chi connectivity index (χ3v) is 5.26. The molecule has 6 heteroatoms. The summed E-state index contributed by atoms with van der Waals surface area (Å²) in [5.74, 6) is -1.99. The third-order valence-electron chi connectivity index (χ3n) is 5.26. The number of rotatable bonds is 4. The van der Waals surface area contributed by atoms with Crippen molar-refractivity contribution in [1.82, 2.24) is 4.98 Å². The molecule has 0 aliphatic rings. The van der Waals surface area contributed by atoms with Crippen LogP contribution >= 0.6 is 0 Å². The highest BCUT2D eigenvalue weighted by atomic mass is 19.1.